The molecule has 1 aliphatic rings. The van der Waals surface area contributed by atoms with Crippen molar-refractivity contribution in [3.63, 3.8) is 0 Å². The Morgan fingerprint density at radius 1 is 1.00 bits per heavy atom. The third-order valence-corrected chi connectivity index (χ3v) is 8.63. The maximum Gasteiger partial charge on any atom is 0.434 e. The summed E-state index contributed by atoms with van der Waals surface area (Å²) in [5.74, 6) is -1.30. The predicted octanol–water partition coefficient (Wildman–Crippen LogP) is 6.51. The number of benzene rings is 3. The Bertz CT molecular complexity index is 2040. The highest BCUT2D eigenvalue weighted by atomic mass is 79.9. The van der Waals surface area contributed by atoms with Crippen molar-refractivity contribution in [1.82, 2.24) is 4.57 Å². The number of alkyl halides is 3. The number of fused-ring (bicyclic) bond motifs is 1. The molecular formula is C33H25BrClF3N2O6S. The lowest BCUT2D eigenvalue weighted by atomic mass is 9.95. The largest absolute Gasteiger partial charge is 0.488 e. The Morgan fingerprint density at radius 2 is 1.66 bits per heavy atom. The third-order valence-electron chi connectivity index (χ3n) is 6.90. The Kier molecular flexibility index (Phi) is 10.4. The molecule has 244 valence electrons. The van der Waals surface area contributed by atoms with Gasteiger partial charge in [-0.1, -0.05) is 63.1 Å². The number of halogens is 5. The summed E-state index contributed by atoms with van der Waals surface area (Å²) < 4.78 is 61.0. The van der Waals surface area contributed by atoms with E-state index in [4.69, 9.17) is 25.8 Å². The van der Waals surface area contributed by atoms with Crippen molar-refractivity contribution in [2.24, 2.45) is 4.99 Å². The summed E-state index contributed by atoms with van der Waals surface area (Å²) in [4.78, 5) is 42.5. The van der Waals surface area contributed by atoms with Gasteiger partial charge in [0.05, 0.1) is 34.9 Å². The van der Waals surface area contributed by atoms with Crippen LogP contribution in [0, 0.1) is 0 Å². The number of aromatic nitrogens is 1. The Morgan fingerprint density at radius 3 is 2.30 bits per heavy atom. The third kappa shape index (κ3) is 7.53. The zero-order chi connectivity index (χ0) is 33.9. The van der Waals surface area contributed by atoms with Gasteiger partial charge < -0.3 is 14.2 Å². The van der Waals surface area contributed by atoms with Crippen molar-refractivity contribution in [1.29, 1.82) is 0 Å². The van der Waals surface area contributed by atoms with E-state index in [1.807, 2.05) is 0 Å². The van der Waals surface area contributed by atoms with Crippen molar-refractivity contribution in [3.05, 3.63) is 129 Å². The van der Waals surface area contributed by atoms with Gasteiger partial charge in [0.2, 0.25) is 0 Å². The Balaban J connectivity index is 1.60. The van der Waals surface area contributed by atoms with Gasteiger partial charge >= 0.3 is 18.1 Å². The van der Waals surface area contributed by atoms with Crippen molar-refractivity contribution < 1.29 is 37.0 Å². The first kappa shape index (κ1) is 34.1. The maximum absolute atomic E-state index is 14.4. The first-order chi connectivity index (χ1) is 22.4. The summed E-state index contributed by atoms with van der Waals surface area (Å²) in [6.45, 7) is 3.37. The number of hydrogen-bond donors (Lipinski definition) is 0. The van der Waals surface area contributed by atoms with Crippen LogP contribution in [-0.4, -0.2) is 35.9 Å². The summed E-state index contributed by atoms with van der Waals surface area (Å²) in [7, 11) is 0. The summed E-state index contributed by atoms with van der Waals surface area (Å²) in [6, 6.07) is 16.1. The summed E-state index contributed by atoms with van der Waals surface area (Å²) in [5, 5.41) is 0.316. The first-order valence-electron chi connectivity index (χ1n) is 14.1. The van der Waals surface area contributed by atoms with E-state index in [2.05, 4.69) is 20.9 Å². The molecule has 0 fully saturated rings. The molecule has 8 nitrogen and oxygen atoms in total. The van der Waals surface area contributed by atoms with Crippen molar-refractivity contribution in [3.8, 4) is 5.75 Å². The van der Waals surface area contributed by atoms with Crippen LogP contribution >= 0.6 is 38.9 Å². The fraction of sp³-hybridized carbons (Fsp3) is 0.212. The van der Waals surface area contributed by atoms with Gasteiger partial charge in [0.15, 0.2) is 10.5 Å². The first-order valence-corrected chi connectivity index (χ1v) is 16.1. The van der Waals surface area contributed by atoms with Crippen LogP contribution in [-0.2, 0) is 20.9 Å². The number of esters is 2. The standard InChI is InChI=1S/C33H25BrClF3N2O6S/c1-3-44-30(42)20-7-5-18(6-8-20)17-46-24-14-11-22(34)15-21(24)16-25-29(41)40-27(19-9-12-23(35)13-10-19)26(31(43)45-4-2)28(33(36,37)38)39-32(40)47-25/h5-16,27H,3-4,17H2,1-2H3/b25-16-/t27-/m1/s1. The molecule has 0 aliphatic carbocycles. The zero-order valence-corrected chi connectivity index (χ0v) is 27.9. The molecular weight excluding hydrogens is 725 g/mol. The van der Waals surface area contributed by atoms with Gasteiger partial charge in [-0.2, -0.15) is 13.2 Å². The topological polar surface area (TPSA) is 96.2 Å². The summed E-state index contributed by atoms with van der Waals surface area (Å²) >= 11 is 10.2. The lowest BCUT2D eigenvalue weighted by Gasteiger charge is -2.26. The summed E-state index contributed by atoms with van der Waals surface area (Å²) in [5.41, 5.74) is -1.10. The number of allylic oxidation sites excluding steroid dienone is 1. The van der Waals surface area contributed by atoms with E-state index in [1.165, 1.54) is 37.3 Å². The minimum absolute atomic E-state index is 0.0519. The number of carbonyl (C=O) groups excluding carboxylic acids is 2. The van der Waals surface area contributed by atoms with Crippen molar-refractivity contribution in [2.75, 3.05) is 13.2 Å². The second-order valence-corrected chi connectivity index (χ2v) is 12.4. The monoisotopic (exact) mass is 748 g/mol. The van der Waals surface area contributed by atoms with Gasteiger partial charge in [-0.3, -0.25) is 9.36 Å². The van der Waals surface area contributed by atoms with E-state index in [9.17, 15) is 27.6 Å². The Labute approximate surface area is 283 Å². The van der Waals surface area contributed by atoms with E-state index in [1.54, 1.807) is 49.4 Å². The smallest absolute Gasteiger partial charge is 0.434 e. The number of ether oxygens (including phenoxy) is 3. The van der Waals surface area contributed by atoms with Crippen LogP contribution in [0.2, 0.25) is 5.02 Å². The van der Waals surface area contributed by atoms with Crippen LogP contribution in [0.1, 0.15) is 46.9 Å². The quantitative estimate of drug-likeness (QED) is 0.181. The molecule has 0 radical (unpaired) electrons. The molecule has 0 saturated carbocycles. The van der Waals surface area contributed by atoms with Crippen LogP contribution < -0.4 is 19.6 Å². The number of hydrogen-bond acceptors (Lipinski definition) is 8. The predicted molar refractivity (Wildman–Crippen MR) is 173 cm³/mol. The molecule has 1 aromatic heterocycles. The fourth-order valence-corrected chi connectivity index (χ4v) is 6.31. The fourth-order valence-electron chi connectivity index (χ4n) is 4.82. The molecule has 1 aliphatic heterocycles. The lowest BCUT2D eigenvalue weighted by molar-refractivity contribution is -0.140. The number of rotatable bonds is 9. The minimum Gasteiger partial charge on any atom is -0.488 e. The van der Waals surface area contributed by atoms with Crippen LogP contribution in [0.5, 0.6) is 5.75 Å². The van der Waals surface area contributed by atoms with E-state index in [0.717, 1.165) is 21.5 Å². The van der Waals surface area contributed by atoms with Crippen LogP contribution in [0.25, 0.3) is 6.08 Å². The van der Waals surface area contributed by atoms with E-state index in [0.29, 0.717) is 26.4 Å². The molecule has 0 bridgehead atoms. The second kappa shape index (κ2) is 14.3. The molecule has 5 rings (SSSR count). The maximum atomic E-state index is 14.4. The van der Waals surface area contributed by atoms with Gasteiger partial charge in [0.25, 0.3) is 5.56 Å². The molecule has 0 N–H and O–H groups in total. The molecule has 0 spiro atoms. The number of carbonyl (C=O) groups is 2. The molecule has 0 saturated heterocycles. The van der Waals surface area contributed by atoms with Gasteiger partial charge in [0, 0.05) is 15.1 Å². The number of thiazole rings is 1. The highest BCUT2D eigenvalue weighted by molar-refractivity contribution is 9.10. The normalized spacial score (nSPS) is 14.8. The zero-order valence-electron chi connectivity index (χ0n) is 24.8. The van der Waals surface area contributed by atoms with E-state index in [-0.39, 0.29) is 34.7 Å². The molecule has 0 amide bonds. The minimum atomic E-state index is -5.03. The van der Waals surface area contributed by atoms with E-state index < -0.39 is 41.0 Å². The van der Waals surface area contributed by atoms with Crippen molar-refractivity contribution >= 4 is 56.9 Å². The van der Waals surface area contributed by atoms with Gasteiger partial charge in [-0.15, -0.1) is 0 Å². The Hall–Kier alpha value is -4.20. The molecule has 2 heterocycles. The molecule has 47 heavy (non-hydrogen) atoms. The van der Waals surface area contributed by atoms with Gasteiger partial charge in [-0.25, -0.2) is 14.6 Å². The number of nitrogens with zero attached hydrogens (tertiary/aromatic N) is 2. The highest BCUT2D eigenvalue weighted by Gasteiger charge is 2.45. The summed E-state index contributed by atoms with van der Waals surface area (Å²) in [6.07, 6.45) is -3.53. The molecule has 0 unspecified atom stereocenters. The molecule has 3 aromatic carbocycles. The highest BCUT2D eigenvalue weighted by Crippen LogP contribution is 2.38. The average molecular weight is 750 g/mol. The lowest BCUT2D eigenvalue weighted by Crippen LogP contribution is -2.41. The van der Waals surface area contributed by atoms with Crippen LogP contribution in [0.4, 0.5) is 13.2 Å². The second-order valence-electron chi connectivity index (χ2n) is 10.0. The average Bonchev–Trinajstić information content (AvgIpc) is 3.34. The molecule has 1 atom stereocenters. The van der Waals surface area contributed by atoms with Gasteiger partial charge in [0.1, 0.15) is 12.4 Å². The van der Waals surface area contributed by atoms with Crippen LogP contribution in [0.15, 0.2) is 92.3 Å². The van der Waals surface area contributed by atoms with Crippen LogP contribution in [0.3, 0.4) is 0 Å². The molecule has 14 heteroatoms. The molecule has 4 aromatic rings. The van der Waals surface area contributed by atoms with Crippen molar-refractivity contribution in [2.45, 2.75) is 32.7 Å². The van der Waals surface area contributed by atoms with Gasteiger partial charge in [-0.05, 0) is 73.5 Å². The van der Waals surface area contributed by atoms with E-state index >= 15 is 0 Å². The SMILES string of the molecule is CCOC(=O)C1=C(C(F)(F)F)N=c2s/c(=C\c3cc(Br)ccc3OCc3ccc(C(=O)OCC)cc3)c(=O)n2[C@@H]1c1ccc(Cl)cc1.